The predicted molar refractivity (Wildman–Crippen MR) is 99.1 cm³/mol. The third-order valence-electron chi connectivity index (χ3n) is 3.90. The Morgan fingerprint density at radius 1 is 1.07 bits per heavy atom. The van der Waals surface area contributed by atoms with Crippen molar-refractivity contribution in [1.29, 1.82) is 0 Å². The van der Waals surface area contributed by atoms with Crippen molar-refractivity contribution in [1.82, 2.24) is 15.0 Å². The van der Waals surface area contributed by atoms with E-state index in [1.807, 2.05) is 43.1 Å². The SMILES string of the molecule is CCOc1ccc(CN(C)Cc2nc(-c3ccccc3OC(F)F)no2)cc1. The van der Waals surface area contributed by atoms with Crippen LogP contribution in [0, 0.1) is 0 Å². The van der Waals surface area contributed by atoms with E-state index in [2.05, 4.69) is 14.9 Å². The van der Waals surface area contributed by atoms with Crippen molar-refractivity contribution in [3.05, 3.63) is 60.0 Å². The van der Waals surface area contributed by atoms with Gasteiger partial charge in [0, 0.05) is 6.54 Å². The van der Waals surface area contributed by atoms with Gasteiger partial charge in [-0.05, 0) is 43.8 Å². The van der Waals surface area contributed by atoms with E-state index in [1.165, 1.54) is 6.07 Å². The molecule has 1 heterocycles. The maximum absolute atomic E-state index is 12.6. The molecule has 3 rings (SSSR count). The van der Waals surface area contributed by atoms with Gasteiger partial charge in [-0.3, -0.25) is 4.90 Å². The topological polar surface area (TPSA) is 60.6 Å². The van der Waals surface area contributed by atoms with Crippen molar-refractivity contribution in [2.24, 2.45) is 0 Å². The van der Waals surface area contributed by atoms with E-state index in [0.717, 1.165) is 11.3 Å². The molecule has 0 aliphatic carbocycles. The van der Waals surface area contributed by atoms with E-state index in [-0.39, 0.29) is 11.6 Å². The minimum Gasteiger partial charge on any atom is -0.494 e. The van der Waals surface area contributed by atoms with Gasteiger partial charge in [0.1, 0.15) is 11.5 Å². The second-order valence-corrected chi connectivity index (χ2v) is 6.14. The van der Waals surface area contributed by atoms with Gasteiger partial charge in [-0.1, -0.05) is 29.4 Å². The summed E-state index contributed by atoms with van der Waals surface area (Å²) >= 11 is 0. The molecule has 0 aliphatic heterocycles. The lowest BCUT2D eigenvalue weighted by Gasteiger charge is -2.14. The highest BCUT2D eigenvalue weighted by atomic mass is 19.3. The summed E-state index contributed by atoms with van der Waals surface area (Å²) in [4.78, 5) is 6.31. The maximum atomic E-state index is 12.6. The van der Waals surface area contributed by atoms with Crippen molar-refractivity contribution >= 4 is 0 Å². The van der Waals surface area contributed by atoms with Crippen LogP contribution in [0.3, 0.4) is 0 Å². The van der Waals surface area contributed by atoms with Crippen molar-refractivity contribution in [3.63, 3.8) is 0 Å². The number of hydrogen-bond acceptors (Lipinski definition) is 6. The molecule has 6 nitrogen and oxygen atoms in total. The molecule has 0 atom stereocenters. The highest BCUT2D eigenvalue weighted by Gasteiger charge is 2.16. The highest BCUT2D eigenvalue weighted by Crippen LogP contribution is 2.29. The summed E-state index contributed by atoms with van der Waals surface area (Å²) in [6.45, 7) is 0.739. The van der Waals surface area contributed by atoms with E-state index in [1.54, 1.807) is 18.2 Å². The molecule has 1 aromatic heterocycles. The summed E-state index contributed by atoms with van der Waals surface area (Å²) in [5.74, 6) is 1.43. The zero-order chi connectivity index (χ0) is 19.9. The van der Waals surface area contributed by atoms with Crippen molar-refractivity contribution in [2.75, 3.05) is 13.7 Å². The molecule has 148 valence electrons. The molecule has 0 fully saturated rings. The number of para-hydroxylation sites is 1. The standard InChI is InChI=1S/C20H21F2N3O3/c1-3-26-15-10-8-14(9-11-15)12-25(2)13-18-23-19(24-28-18)16-6-4-5-7-17(16)27-20(21)22/h4-11,20H,3,12-13H2,1-2H3. The van der Waals surface area contributed by atoms with E-state index >= 15 is 0 Å². The Balaban J connectivity index is 1.64. The first kappa shape index (κ1) is 19.8. The zero-order valence-corrected chi connectivity index (χ0v) is 15.6. The van der Waals surface area contributed by atoms with Crippen molar-refractivity contribution in [3.8, 4) is 22.9 Å². The van der Waals surface area contributed by atoms with Gasteiger partial charge in [0.15, 0.2) is 0 Å². The molecular weight excluding hydrogens is 368 g/mol. The van der Waals surface area contributed by atoms with E-state index < -0.39 is 6.61 Å². The molecule has 0 amide bonds. The molecule has 0 radical (unpaired) electrons. The lowest BCUT2D eigenvalue weighted by atomic mass is 10.2. The average molecular weight is 389 g/mol. The van der Waals surface area contributed by atoms with E-state index in [9.17, 15) is 8.78 Å². The number of rotatable bonds is 9. The lowest BCUT2D eigenvalue weighted by Crippen LogP contribution is -2.17. The van der Waals surface area contributed by atoms with Crippen LogP contribution in [0.4, 0.5) is 8.78 Å². The lowest BCUT2D eigenvalue weighted by molar-refractivity contribution is -0.0494. The third kappa shape index (κ3) is 5.26. The van der Waals surface area contributed by atoms with Gasteiger partial charge in [0.25, 0.3) is 0 Å². The number of ether oxygens (including phenoxy) is 2. The van der Waals surface area contributed by atoms with Gasteiger partial charge in [-0.2, -0.15) is 13.8 Å². The Labute approximate surface area is 161 Å². The minimum atomic E-state index is -2.92. The van der Waals surface area contributed by atoms with Crippen LogP contribution < -0.4 is 9.47 Å². The monoisotopic (exact) mass is 389 g/mol. The maximum Gasteiger partial charge on any atom is 0.387 e. The van der Waals surface area contributed by atoms with Crippen LogP contribution >= 0.6 is 0 Å². The Bertz CT molecular complexity index is 884. The van der Waals surface area contributed by atoms with Gasteiger partial charge >= 0.3 is 6.61 Å². The molecular formula is C20H21F2N3O3. The second-order valence-electron chi connectivity index (χ2n) is 6.14. The van der Waals surface area contributed by atoms with E-state index in [4.69, 9.17) is 9.26 Å². The summed E-state index contributed by atoms with van der Waals surface area (Å²) in [6.07, 6.45) is 0. The molecule has 0 saturated carbocycles. The fraction of sp³-hybridized carbons (Fsp3) is 0.300. The summed E-state index contributed by atoms with van der Waals surface area (Å²) in [6, 6.07) is 14.2. The van der Waals surface area contributed by atoms with Crippen LogP contribution in [0.25, 0.3) is 11.4 Å². The van der Waals surface area contributed by atoms with Gasteiger partial charge in [-0.15, -0.1) is 0 Å². The Hall–Kier alpha value is -3.00. The molecule has 0 bridgehead atoms. The highest BCUT2D eigenvalue weighted by molar-refractivity contribution is 5.63. The first-order chi connectivity index (χ1) is 13.5. The molecule has 2 aromatic carbocycles. The van der Waals surface area contributed by atoms with Crippen LogP contribution in [0.1, 0.15) is 18.4 Å². The quantitative estimate of drug-likeness (QED) is 0.542. The Kier molecular flexibility index (Phi) is 6.54. The molecule has 0 aliphatic rings. The smallest absolute Gasteiger partial charge is 0.387 e. The summed E-state index contributed by atoms with van der Waals surface area (Å²) in [7, 11) is 1.92. The van der Waals surface area contributed by atoms with Crippen LogP contribution in [0.2, 0.25) is 0 Å². The molecule has 0 spiro atoms. The predicted octanol–water partition coefficient (Wildman–Crippen LogP) is 4.37. The van der Waals surface area contributed by atoms with Gasteiger partial charge in [0.05, 0.1) is 18.7 Å². The van der Waals surface area contributed by atoms with Crippen LogP contribution in [0.15, 0.2) is 53.1 Å². The average Bonchev–Trinajstić information content (AvgIpc) is 3.11. The summed E-state index contributed by atoms with van der Waals surface area (Å²) in [5.41, 5.74) is 1.47. The first-order valence-corrected chi connectivity index (χ1v) is 8.82. The normalized spacial score (nSPS) is 11.2. The molecule has 8 heteroatoms. The van der Waals surface area contributed by atoms with Crippen LogP contribution in [-0.2, 0) is 13.1 Å². The fourth-order valence-corrected chi connectivity index (χ4v) is 2.73. The zero-order valence-electron chi connectivity index (χ0n) is 15.6. The third-order valence-corrected chi connectivity index (χ3v) is 3.90. The summed E-state index contributed by atoms with van der Waals surface area (Å²) in [5, 5.41) is 3.89. The largest absolute Gasteiger partial charge is 0.494 e. The number of hydrogen-bond donors (Lipinski definition) is 0. The number of nitrogens with zero attached hydrogens (tertiary/aromatic N) is 3. The van der Waals surface area contributed by atoms with Gasteiger partial charge in [0.2, 0.25) is 11.7 Å². The Morgan fingerprint density at radius 2 is 1.82 bits per heavy atom. The molecule has 3 aromatic rings. The van der Waals surface area contributed by atoms with Gasteiger partial charge < -0.3 is 14.0 Å². The second kappa shape index (κ2) is 9.27. The van der Waals surface area contributed by atoms with Crippen molar-refractivity contribution in [2.45, 2.75) is 26.6 Å². The summed E-state index contributed by atoms with van der Waals surface area (Å²) < 4.78 is 40.4. The first-order valence-electron chi connectivity index (χ1n) is 8.82. The minimum absolute atomic E-state index is 0.00703. The molecule has 0 unspecified atom stereocenters. The van der Waals surface area contributed by atoms with Crippen LogP contribution in [0.5, 0.6) is 11.5 Å². The number of alkyl halides is 2. The number of halogens is 2. The van der Waals surface area contributed by atoms with Gasteiger partial charge in [-0.25, -0.2) is 0 Å². The number of aromatic nitrogens is 2. The molecule has 0 saturated heterocycles. The van der Waals surface area contributed by atoms with Crippen LogP contribution in [-0.4, -0.2) is 35.3 Å². The van der Waals surface area contributed by atoms with Crippen molar-refractivity contribution < 1.29 is 22.8 Å². The Morgan fingerprint density at radius 3 is 2.54 bits per heavy atom. The number of benzene rings is 2. The molecule has 28 heavy (non-hydrogen) atoms. The van der Waals surface area contributed by atoms with E-state index in [0.29, 0.717) is 31.2 Å². The molecule has 0 N–H and O–H groups in total. The fourth-order valence-electron chi connectivity index (χ4n) is 2.73.